The molecule has 0 fully saturated rings. The van der Waals surface area contributed by atoms with Crippen LogP contribution in [0.2, 0.25) is 0 Å². The summed E-state index contributed by atoms with van der Waals surface area (Å²) < 4.78 is 0. The van der Waals surface area contributed by atoms with Crippen LogP contribution in [0.3, 0.4) is 0 Å². The van der Waals surface area contributed by atoms with E-state index in [1.54, 1.807) is 11.9 Å². The van der Waals surface area contributed by atoms with Crippen LogP contribution < -0.4 is 0 Å². The van der Waals surface area contributed by atoms with Gasteiger partial charge in [0.15, 0.2) is 0 Å². The summed E-state index contributed by atoms with van der Waals surface area (Å²) in [5.41, 5.74) is 2.77. The molecule has 1 unspecified atom stereocenters. The minimum atomic E-state index is -1.32. The second-order valence-corrected chi connectivity index (χ2v) is 8.17. The lowest BCUT2D eigenvalue weighted by atomic mass is 9.79. The maximum Gasteiger partial charge on any atom is 0.254 e. The highest BCUT2D eigenvalue weighted by Crippen LogP contribution is 2.30. The van der Waals surface area contributed by atoms with Gasteiger partial charge in [0.1, 0.15) is 5.60 Å². The van der Waals surface area contributed by atoms with Crippen LogP contribution in [0.1, 0.15) is 49.7 Å². The van der Waals surface area contributed by atoms with Crippen LogP contribution in [0, 0.1) is 0 Å². The monoisotopic (exact) mass is 341 g/mol. The van der Waals surface area contributed by atoms with E-state index in [1.165, 1.54) is 5.56 Å². The molecule has 1 aliphatic rings. The van der Waals surface area contributed by atoms with Crippen molar-refractivity contribution in [3.8, 4) is 0 Å². The Balaban J connectivity index is 1.71. The molecule has 0 spiro atoms. The predicted molar refractivity (Wildman–Crippen MR) is 97.2 cm³/mol. The molecular weight excluding hydrogens is 314 g/mol. The zero-order chi connectivity index (χ0) is 18.2. The van der Waals surface area contributed by atoms with Crippen molar-refractivity contribution < 1.29 is 9.90 Å². The van der Waals surface area contributed by atoms with Gasteiger partial charge >= 0.3 is 0 Å². The Kier molecular flexibility index (Phi) is 4.45. The molecule has 2 N–H and O–H groups in total. The molecule has 5 nitrogen and oxygen atoms in total. The van der Waals surface area contributed by atoms with Gasteiger partial charge in [-0.25, -0.2) is 0 Å². The summed E-state index contributed by atoms with van der Waals surface area (Å²) >= 11 is 0. The number of fused-ring (bicyclic) bond motifs is 1. The van der Waals surface area contributed by atoms with Crippen molar-refractivity contribution in [3.05, 3.63) is 52.8 Å². The second-order valence-electron chi connectivity index (χ2n) is 8.17. The van der Waals surface area contributed by atoms with E-state index in [0.717, 1.165) is 23.4 Å². The number of amides is 1. The summed E-state index contributed by atoms with van der Waals surface area (Å²) in [7, 11) is 1.73. The molecule has 0 bridgehead atoms. The topological polar surface area (TPSA) is 69.2 Å². The van der Waals surface area contributed by atoms with Crippen LogP contribution in [0.5, 0.6) is 0 Å². The third-order valence-electron chi connectivity index (χ3n) is 4.96. The molecule has 25 heavy (non-hydrogen) atoms. The SMILES string of the molecule is CN(Cc1cc(C(C)(C)C)n[nH]1)C(=O)C1(O)CCc2ccccc2C1. The number of hydrogen-bond donors (Lipinski definition) is 2. The van der Waals surface area contributed by atoms with Gasteiger partial charge in [-0.15, -0.1) is 0 Å². The number of nitrogens with zero attached hydrogens (tertiary/aromatic N) is 2. The van der Waals surface area contributed by atoms with E-state index >= 15 is 0 Å². The van der Waals surface area contributed by atoms with E-state index in [-0.39, 0.29) is 11.3 Å². The molecule has 1 amide bonds. The first-order valence-corrected chi connectivity index (χ1v) is 8.78. The summed E-state index contributed by atoms with van der Waals surface area (Å²) in [5.74, 6) is -0.228. The molecule has 0 aliphatic heterocycles. The van der Waals surface area contributed by atoms with E-state index in [2.05, 4.69) is 37.0 Å². The number of benzene rings is 1. The normalized spacial score (nSPS) is 20.2. The summed E-state index contributed by atoms with van der Waals surface area (Å²) in [6.07, 6.45) is 1.57. The van der Waals surface area contributed by atoms with E-state index in [1.807, 2.05) is 24.3 Å². The number of H-pyrrole nitrogens is 1. The van der Waals surface area contributed by atoms with Gasteiger partial charge in [0.2, 0.25) is 0 Å². The fourth-order valence-corrected chi connectivity index (χ4v) is 3.41. The predicted octanol–water partition coefficient (Wildman–Crippen LogP) is 2.59. The number of aliphatic hydroxyl groups is 1. The van der Waals surface area contributed by atoms with Crippen molar-refractivity contribution in [2.24, 2.45) is 0 Å². The number of aromatic nitrogens is 2. The number of rotatable bonds is 3. The fourth-order valence-electron chi connectivity index (χ4n) is 3.41. The standard InChI is InChI=1S/C20H27N3O2/c1-19(2,3)17-11-16(21-22-17)13-23(4)18(24)20(25)10-9-14-7-5-6-8-15(14)12-20/h5-8,11,25H,9-10,12-13H2,1-4H3,(H,21,22). The maximum atomic E-state index is 12.9. The molecule has 1 aromatic carbocycles. The number of hydrogen-bond acceptors (Lipinski definition) is 3. The summed E-state index contributed by atoms with van der Waals surface area (Å²) in [6.45, 7) is 6.71. The van der Waals surface area contributed by atoms with Crippen molar-refractivity contribution >= 4 is 5.91 Å². The Morgan fingerprint density at radius 3 is 2.64 bits per heavy atom. The second kappa shape index (κ2) is 6.30. The van der Waals surface area contributed by atoms with Gasteiger partial charge in [-0.3, -0.25) is 9.89 Å². The van der Waals surface area contributed by atoms with Crippen molar-refractivity contribution in [2.75, 3.05) is 7.05 Å². The molecule has 1 aliphatic carbocycles. The van der Waals surface area contributed by atoms with Crippen LogP contribution in [-0.2, 0) is 29.6 Å². The molecule has 0 saturated carbocycles. The largest absolute Gasteiger partial charge is 0.380 e. The molecule has 2 aromatic rings. The zero-order valence-corrected chi connectivity index (χ0v) is 15.5. The first-order chi connectivity index (χ1) is 11.7. The minimum absolute atomic E-state index is 0.0391. The van der Waals surface area contributed by atoms with E-state index in [9.17, 15) is 9.90 Å². The number of carbonyl (C=O) groups is 1. The first kappa shape index (κ1) is 17.7. The number of aryl methyl sites for hydroxylation is 1. The van der Waals surface area contributed by atoms with Gasteiger partial charge in [-0.2, -0.15) is 5.10 Å². The molecule has 3 rings (SSSR count). The molecule has 0 saturated heterocycles. The van der Waals surface area contributed by atoms with Crippen molar-refractivity contribution in [3.63, 3.8) is 0 Å². The molecule has 1 atom stereocenters. The molecule has 1 heterocycles. The Morgan fingerprint density at radius 2 is 2.00 bits per heavy atom. The molecular formula is C20H27N3O2. The lowest BCUT2D eigenvalue weighted by Crippen LogP contribution is -2.50. The Morgan fingerprint density at radius 1 is 1.32 bits per heavy atom. The Bertz CT molecular complexity index is 775. The van der Waals surface area contributed by atoms with Crippen LogP contribution in [0.15, 0.2) is 30.3 Å². The molecule has 134 valence electrons. The van der Waals surface area contributed by atoms with Gasteiger partial charge in [0.25, 0.3) is 5.91 Å². The van der Waals surface area contributed by atoms with Crippen molar-refractivity contribution in [1.82, 2.24) is 15.1 Å². The van der Waals surface area contributed by atoms with Gasteiger partial charge in [0.05, 0.1) is 17.9 Å². The maximum absolute atomic E-state index is 12.9. The van der Waals surface area contributed by atoms with Gasteiger partial charge in [-0.05, 0) is 30.0 Å². The van der Waals surface area contributed by atoms with Crippen LogP contribution in [-0.4, -0.2) is 38.8 Å². The van der Waals surface area contributed by atoms with Crippen molar-refractivity contribution in [2.45, 2.75) is 57.6 Å². The third-order valence-corrected chi connectivity index (χ3v) is 4.96. The number of aromatic amines is 1. The first-order valence-electron chi connectivity index (χ1n) is 8.78. The van der Waals surface area contributed by atoms with Crippen LogP contribution in [0.4, 0.5) is 0 Å². The smallest absolute Gasteiger partial charge is 0.254 e. The van der Waals surface area contributed by atoms with Crippen molar-refractivity contribution in [1.29, 1.82) is 0 Å². The molecule has 5 heteroatoms. The number of likely N-dealkylation sites (N-methyl/N-ethyl adjacent to an activating group) is 1. The van der Waals surface area contributed by atoms with E-state index in [4.69, 9.17) is 0 Å². The van der Waals surface area contributed by atoms with Gasteiger partial charge in [0, 0.05) is 18.9 Å². The Hall–Kier alpha value is -2.14. The Labute approximate surface area is 149 Å². The minimum Gasteiger partial charge on any atom is -0.380 e. The van der Waals surface area contributed by atoms with Crippen LogP contribution in [0.25, 0.3) is 0 Å². The summed E-state index contributed by atoms with van der Waals surface area (Å²) in [6, 6.07) is 10.0. The molecule has 1 aromatic heterocycles. The van der Waals surface area contributed by atoms with Gasteiger partial charge in [-0.1, -0.05) is 45.0 Å². The highest BCUT2D eigenvalue weighted by Gasteiger charge is 2.41. The average Bonchev–Trinajstić information content (AvgIpc) is 3.02. The lowest BCUT2D eigenvalue weighted by Gasteiger charge is -2.35. The number of nitrogens with one attached hydrogen (secondary N) is 1. The third kappa shape index (κ3) is 3.61. The molecule has 0 radical (unpaired) electrons. The highest BCUT2D eigenvalue weighted by molar-refractivity contribution is 5.85. The average molecular weight is 341 g/mol. The summed E-state index contributed by atoms with van der Waals surface area (Å²) in [5, 5.41) is 18.3. The van der Waals surface area contributed by atoms with Gasteiger partial charge < -0.3 is 10.0 Å². The zero-order valence-electron chi connectivity index (χ0n) is 15.5. The van der Waals surface area contributed by atoms with E-state index < -0.39 is 5.60 Å². The van der Waals surface area contributed by atoms with E-state index in [0.29, 0.717) is 19.4 Å². The fraction of sp³-hybridized carbons (Fsp3) is 0.500. The highest BCUT2D eigenvalue weighted by atomic mass is 16.3. The lowest BCUT2D eigenvalue weighted by molar-refractivity contribution is -0.151. The quantitative estimate of drug-likeness (QED) is 0.901. The van der Waals surface area contributed by atoms with Crippen LogP contribution >= 0.6 is 0 Å². The number of carbonyl (C=O) groups excluding carboxylic acids is 1. The summed E-state index contributed by atoms with van der Waals surface area (Å²) in [4.78, 5) is 14.5.